The zero-order valence-corrected chi connectivity index (χ0v) is 10.3. The van der Waals surface area contributed by atoms with E-state index >= 15 is 0 Å². The van der Waals surface area contributed by atoms with Gasteiger partial charge < -0.3 is 5.11 Å². The standard InChI is InChI=1S/C10H19F3OS/c1-8(2,9(3,14)7-15)5-4-6-10(11,12)13/h14-15H,4-7H2,1-3H3. The van der Waals surface area contributed by atoms with Gasteiger partial charge in [0.1, 0.15) is 0 Å². The Hall–Kier alpha value is 0.100. The van der Waals surface area contributed by atoms with Gasteiger partial charge in [0.15, 0.2) is 0 Å². The molecule has 0 aromatic carbocycles. The summed E-state index contributed by atoms with van der Waals surface area (Å²) < 4.78 is 35.8. The van der Waals surface area contributed by atoms with Gasteiger partial charge in [0, 0.05) is 12.2 Å². The van der Waals surface area contributed by atoms with Crippen LogP contribution in [0.15, 0.2) is 0 Å². The highest BCUT2D eigenvalue weighted by Crippen LogP contribution is 2.37. The van der Waals surface area contributed by atoms with Crippen LogP contribution in [0.3, 0.4) is 0 Å². The molecule has 0 aliphatic rings. The maximum absolute atomic E-state index is 11.9. The number of thiol groups is 1. The molecule has 0 aliphatic carbocycles. The van der Waals surface area contributed by atoms with Gasteiger partial charge in [-0.05, 0) is 25.2 Å². The van der Waals surface area contributed by atoms with Crippen LogP contribution >= 0.6 is 12.6 Å². The van der Waals surface area contributed by atoms with Crippen molar-refractivity contribution < 1.29 is 18.3 Å². The summed E-state index contributed by atoms with van der Waals surface area (Å²) in [6.45, 7) is 5.13. The smallest absolute Gasteiger partial charge is 0.389 e. The van der Waals surface area contributed by atoms with Crippen molar-refractivity contribution in [2.75, 3.05) is 5.75 Å². The first-order valence-electron chi connectivity index (χ1n) is 4.92. The minimum Gasteiger partial charge on any atom is -0.389 e. The van der Waals surface area contributed by atoms with E-state index in [9.17, 15) is 18.3 Å². The highest BCUT2D eigenvalue weighted by molar-refractivity contribution is 7.80. The van der Waals surface area contributed by atoms with E-state index in [-0.39, 0.29) is 12.2 Å². The summed E-state index contributed by atoms with van der Waals surface area (Å²) in [5.41, 5.74) is -1.60. The van der Waals surface area contributed by atoms with Gasteiger partial charge in [-0.3, -0.25) is 0 Å². The maximum atomic E-state index is 11.9. The van der Waals surface area contributed by atoms with Crippen LogP contribution < -0.4 is 0 Å². The second-order valence-corrected chi connectivity index (χ2v) is 5.10. The molecule has 0 aromatic rings. The molecule has 0 aliphatic heterocycles. The second kappa shape index (κ2) is 4.95. The van der Waals surface area contributed by atoms with Gasteiger partial charge in [-0.1, -0.05) is 13.8 Å². The fourth-order valence-electron chi connectivity index (χ4n) is 1.21. The average molecular weight is 244 g/mol. The van der Waals surface area contributed by atoms with Gasteiger partial charge in [0.25, 0.3) is 0 Å². The number of alkyl halides is 3. The molecule has 0 heterocycles. The topological polar surface area (TPSA) is 20.2 Å². The summed E-state index contributed by atoms with van der Waals surface area (Å²) in [5.74, 6) is 0.242. The van der Waals surface area contributed by atoms with Crippen molar-refractivity contribution in [1.82, 2.24) is 0 Å². The average Bonchev–Trinajstić information content (AvgIpc) is 2.01. The summed E-state index contributed by atoms with van der Waals surface area (Å²) in [5, 5.41) is 9.92. The van der Waals surface area contributed by atoms with E-state index in [4.69, 9.17) is 0 Å². The summed E-state index contributed by atoms with van der Waals surface area (Å²) >= 11 is 4.00. The molecule has 1 nitrogen and oxygen atoms in total. The Morgan fingerprint density at radius 1 is 1.07 bits per heavy atom. The quantitative estimate of drug-likeness (QED) is 0.710. The van der Waals surface area contributed by atoms with E-state index in [0.717, 1.165) is 0 Å². The van der Waals surface area contributed by atoms with Gasteiger partial charge in [0.05, 0.1) is 5.60 Å². The first-order chi connectivity index (χ1) is 6.52. The fraction of sp³-hybridized carbons (Fsp3) is 1.00. The molecular weight excluding hydrogens is 225 g/mol. The Morgan fingerprint density at radius 2 is 1.53 bits per heavy atom. The first kappa shape index (κ1) is 15.1. The van der Waals surface area contributed by atoms with Gasteiger partial charge in [-0.2, -0.15) is 25.8 Å². The summed E-state index contributed by atoms with van der Waals surface area (Å²) in [4.78, 5) is 0. The lowest BCUT2D eigenvalue weighted by Gasteiger charge is -2.39. The van der Waals surface area contributed by atoms with Crippen molar-refractivity contribution >= 4 is 12.6 Å². The number of rotatable bonds is 5. The van der Waals surface area contributed by atoms with Crippen molar-refractivity contribution in [2.24, 2.45) is 5.41 Å². The van der Waals surface area contributed by atoms with Gasteiger partial charge in [-0.15, -0.1) is 0 Å². The number of halogens is 3. The molecule has 1 unspecified atom stereocenters. The van der Waals surface area contributed by atoms with E-state index in [1.165, 1.54) is 0 Å². The zero-order valence-electron chi connectivity index (χ0n) is 9.36. The van der Waals surface area contributed by atoms with Crippen LogP contribution in [-0.2, 0) is 0 Å². The molecule has 0 fully saturated rings. The number of hydrogen-bond acceptors (Lipinski definition) is 2. The summed E-state index contributed by atoms with van der Waals surface area (Å²) in [6.07, 6.45) is -4.53. The van der Waals surface area contributed by atoms with E-state index in [1.54, 1.807) is 20.8 Å². The third-order valence-corrected chi connectivity index (χ3v) is 3.64. The minimum atomic E-state index is -4.11. The molecule has 0 spiro atoms. The van der Waals surface area contributed by atoms with Crippen LogP contribution in [0.5, 0.6) is 0 Å². The Bertz CT molecular complexity index is 199. The highest BCUT2D eigenvalue weighted by Gasteiger charge is 2.38. The summed E-state index contributed by atoms with van der Waals surface area (Å²) in [6, 6.07) is 0. The van der Waals surface area contributed by atoms with Gasteiger partial charge in [0.2, 0.25) is 0 Å². The van der Waals surface area contributed by atoms with Crippen LogP contribution in [0.1, 0.15) is 40.0 Å². The normalized spacial score (nSPS) is 17.6. The first-order valence-corrected chi connectivity index (χ1v) is 5.55. The molecule has 0 saturated carbocycles. The lowest BCUT2D eigenvalue weighted by atomic mass is 9.73. The summed E-state index contributed by atoms with van der Waals surface area (Å²) in [7, 11) is 0. The molecule has 15 heavy (non-hydrogen) atoms. The highest BCUT2D eigenvalue weighted by atomic mass is 32.1. The van der Waals surface area contributed by atoms with Crippen LogP contribution in [0.2, 0.25) is 0 Å². The Balaban J connectivity index is 4.17. The fourth-order valence-corrected chi connectivity index (χ4v) is 1.64. The molecule has 0 saturated heterocycles. The van der Waals surface area contributed by atoms with Gasteiger partial charge >= 0.3 is 6.18 Å². The monoisotopic (exact) mass is 244 g/mol. The van der Waals surface area contributed by atoms with Crippen LogP contribution in [-0.4, -0.2) is 22.6 Å². The predicted octanol–water partition coefficient (Wildman–Crippen LogP) is 3.43. The van der Waals surface area contributed by atoms with Crippen molar-refractivity contribution in [1.29, 1.82) is 0 Å². The predicted molar refractivity (Wildman–Crippen MR) is 58.2 cm³/mol. The largest absolute Gasteiger partial charge is 0.389 e. The molecule has 0 bridgehead atoms. The van der Waals surface area contributed by atoms with Crippen molar-refractivity contribution in [3.63, 3.8) is 0 Å². The molecule has 0 aromatic heterocycles. The number of aliphatic hydroxyl groups is 1. The number of hydrogen-bond donors (Lipinski definition) is 2. The molecular formula is C10H19F3OS. The Kier molecular flexibility index (Phi) is 4.99. The lowest BCUT2D eigenvalue weighted by molar-refractivity contribution is -0.138. The lowest BCUT2D eigenvalue weighted by Crippen LogP contribution is -2.43. The van der Waals surface area contributed by atoms with Crippen molar-refractivity contribution in [3.8, 4) is 0 Å². The third-order valence-electron chi connectivity index (χ3n) is 3.03. The Labute approximate surface area is 94.5 Å². The van der Waals surface area contributed by atoms with Crippen LogP contribution in [0.25, 0.3) is 0 Å². The second-order valence-electron chi connectivity index (χ2n) is 4.78. The maximum Gasteiger partial charge on any atom is 0.389 e. The van der Waals surface area contributed by atoms with Crippen molar-refractivity contribution in [3.05, 3.63) is 0 Å². The van der Waals surface area contributed by atoms with E-state index in [1.807, 2.05) is 0 Å². The van der Waals surface area contributed by atoms with Crippen LogP contribution in [0, 0.1) is 5.41 Å². The molecule has 1 N–H and O–H groups in total. The molecule has 0 amide bonds. The minimum absolute atomic E-state index is 0.0421. The molecule has 0 radical (unpaired) electrons. The molecule has 1 atom stereocenters. The third kappa shape index (κ3) is 5.11. The van der Waals surface area contributed by atoms with E-state index in [0.29, 0.717) is 6.42 Å². The zero-order chi connectivity index (χ0) is 12.3. The van der Waals surface area contributed by atoms with E-state index < -0.39 is 23.6 Å². The molecule has 92 valence electrons. The van der Waals surface area contributed by atoms with E-state index in [2.05, 4.69) is 12.6 Å². The Morgan fingerprint density at radius 3 is 1.87 bits per heavy atom. The molecule has 5 heteroatoms. The van der Waals surface area contributed by atoms with Gasteiger partial charge in [-0.25, -0.2) is 0 Å². The van der Waals surface area contributed by atoms with Crippen LogP contribution in [0.4, 0.5) is 13.2 Å². The van der Waals surface area contributed by atoms with Crippen molar-refractivity contribution in [2.45, 2.75) is 51.8 Å². The molecule has 0 rings (SSSR count). The SMILES string of the molecule is CC(C)(CCCC(F)(F)F)C(C)(O)CS.